The number of nitro benzene ring substituents is 1. The van der Waals surface area contributed by atoms with E-state index < -0.39 is 28.9 Å². The standard InChI is InChI=1S/C21H34N2O4.C7H5NO4/c1-4-7-8-9-10-11-15-19(24)23-16-12-14-18(23)20(25)22-17(13-5-2)21(26)27-6-3;9-7(10)5-1-3-6(4-2-5)8(11)12/h4-5,17-18H,1-2,6-16H2,3H3,(H,22,25);1-4H,(H,9,10). The van der Waals surface area contributed by atoms with E-state index in [4.69, 9.17) is 9.84 Å². The summed E-state index contributed by atoms with van der Waals surface area (Å²) in [5.74, 6) is -1.83. The number of likely N-dealkylation sites (tertiary alicyclic amines) is 1. The number of carbonyl (C=O) groups excluding carboxylic acids is 3. The fourth-order valence-electron chi connectivity index (χ4n) is 4.02. The van der Waals surface area contributed by atoms with Crippen LogP contribution in [0.25, 0.3) is 0 Å². The lowest BCUT2D eigenvalue weighted by Gasteiger charge is -2.26. The summed E-state index contributed by atoms with van der Waals surface area (Å²) in [4.78, 5) is 58.7. The van der Waals surface area contributed by atoms with Gasteiger partial charge in [-0.05, 0) is 57.6 Å². The number of carboxylic acids is 1. The number of rotatable bonds is 15. The quantitative estimate of drug-likeness (QED) is 0.108. The van der Waals surface area contributed by atoms with Gasteiger partial charge in [0.25, 0.3) is 5.69 Å². The molecule has 1 aliphatic heterocycles. The number of unbranched alkanes of at least 4 members (excludes halogenated alkanes) is 4. The van der Waals surface area contributed by atoms with E-state index in [1.165, 1.54) is 12.1 Å². The van der Waals surface area contributed by atoms with Crippen molar-refractivity contribution >= 4 is 29.4 Å². The molecule has 214 valence electrons. The molecule has 39 heavy (non-hydrogen) atoms. The van der Waals surface area contributed by atoms with Gasteiger partial charge in [0.2, 0.25) is 11.8 Å². The molecular weight excluding hydrogens is 506 g/mol. The van der Waals surface area contributed by atoms with Crippen molar-refractivity contribution in [1.29, 1.82) is 0 Å². The zero-order chi connectivity index (χ0) is 29.2. The smallest absolute Gasteiger partial charge is 0.335 e. The molecule has 0 bridgehead atoms. The molecule has 1 aliphatic rings. The van der Waals surface area contributed by atoms with Gasteiger partial charge in [0.05, 0.1) is 17.1 Å². The molecule has 0 saturated carbocycles. The van der Waals surface area contributed by atoms with E-state index in [1.807, 2.05) is 6.08 Å². The Morgan fingerprint density at radius 2 is 1.82 bits per heavy atom. The lowest BCUT2D eigenvalue weighted by molar-refractivity contribution is -0.384. The highest BCUT2D eigenvalue weighted by atomic mass is 16.6. The SMILES string of the molecule is C=CCCCCCCC(=O)N1CCCC1C(=O)NC(CC=C)C(=O)OCC.O=C(O)c1ccc([N+](=O)[O-])cc1. The van der Waals surface area contributed by atoms with Crippen LogP contribution < -0.4 is 5.32 Å². The summed E-state index contributed by atoms with van der Waals surface area (Å²) >= 11 is 0. The molecule has 0 aromatic heterocycles. The molecule has 0 radical (unpaired) electrons. The average Bonchev–Trinajstić information content (AvgIpc) is 3.41. The van der Waals surface area contributed by atoms with Crippen LogP contribution in [0.4, 0.5) is 5.69 Å². The van der Waals surface area contributed by atoms with E-state index in [0.29, 0.717) is 25.8 Å². The van der Waals surface area contributed by atoms with Crippen LogP contribution in [0, 0.1) is 10.1 Å². The Morgan fingerprint density at radius 1 is 1.15 bits per heavy atom. The van der Waals surface area contributed by atoms with Crippen molar-refractivity contribution in [3.8, 4) is 0 Å². The van der Waals surface area contributed by atoms with Crippen LogP contribution in [0.2, 0.25) is 0 Å². The Balaban J connectivity index is 0.000000525. The average molecular weight is 546 g/mol. The van der Waals surface area contributed by atoms with Crippen molar-refractivity contribution in [1.82, 2.24) is 10.2 Å². The van der Waals surface area contributed by atoms with Gasteiger partial charge in [-0.3, -0.25) is 19.7 Å². The number of carboxylic acid groups (broad SMARTS) is 1. The fourth-order valence-corrected chi connectivity index (χ4v) is 4.02. The third-order valence-corrected chi connectivity index (χ3v) is 6.04. The summed E-state index contributed by atoms with van der Waals surface area (Å²) in [5, 5.41) is 21.3. The summed E-state index contributed by atoms with van der Waals surface area (Å²) in [6.45, 7) is 9.90. The molecule has 0 aliphatic carbocycles. The number of hydrogen-bond donors (Lipinski definition) is 2. The summed E-state index contributed by atoms with van der Waals surface area (Å²) in [6, 6.07) is 3.45. The maximum atomic E-state index is 12.6. The highest BCUT2D eigenvalue weighted by Crippen LogP contribution is 2.20. The van der Waals surface area contributed by atoms with Crippen LogP contribution in [0.3, 0.4) is 0 Å². The largest absolute Gasteiger partial charge is 0.478 e. The van der Waals surface area contributed by atoms with Gasteiger partial charge >= 0.3 is 11.9 Å². The van der Waals surface area contributed by atoms with Crippen LogP contribution in [-0.2, 0) is 19.1 Å². The number of amides is 2. The summed E-state index contributed by atoms with van der Waals surface area (Å²) in [7, 11) is 0. The monoisotopic (exact) mass is 545 g/mol. The number of nitrogens with zero attached hydrogens (tertiary/aromatic N) is 2. The van der Waals surface area contributed by atoms with E-state index in [2.05, 4.69) is 18.5 Å². The number of esters is 1. The Bertz CT molecular complexity index is 960. The van der Waals surface area contributed by atoms with Gasteiger partial charge in [0, 0.05) is 25.1 Å². The van der Waals surface area contributed by atoms with Gasteiger partial charge in [0.1, 0.15) is 12.1 Å². The van der Waals surface area contributed by atoms with Crippen molar-refractivity contribution in [2.75, 3.05) is 13.2 Å². The molecule has 1 saturated heterocycles. The van der Waals surface area contributed by atoms with E-state index in [0.717, 1.165) is 50.7 Å². The maximum Gasteiger partial charge on any atom is 0.335 e. The van der Waals surface area contributed by atoms with Gasteiger partial charge in [-0.1, -0.05) is 25.0 Å². The topological polar surface area (TPSA) is 156 Å². The van der Waals surface area contributed by atoms with Gasteiger partial charge in [-0.2, -0.15) is 0 Å². The predicted octanol–water partition coefficient (Wildman–Crippen LogP) is 4.42. The predicted molar refractivity (Wildman–Crippen MR) is 146 cm³/mol. The lowest BCUT2D eigenvalue weighted by Crippen LogP contribution is -2.51. The van der Waals surface area contributed by atoms with Crippen molar-refractivity contribution in [2.45, 2.75) is 76.8 Å². The minimum atomic E-state index is -1.09. The number of carbonyl (C=O) groups is 4. The minimum Gasteiger partial charge on any atom is -0.478 e. The second-order valence-electron chi connectivity index (χ2n) is 8.93. The Kier molecular flexibility index (Phi) is 15.5. The molecule has 11 nitrogen and oxygen atoms in total. The van der Waals surface area contributed by atoms with Crippen molar-refractivity contribution in [3.05, 3.63) is 65.3 Å². The highest BCUT2D eigenvalue weighted by molar-refractivity contribution is 5.91. The van der Waals surface area contributed by atoms with Crippen LogP contribution in [0.1, 0.15) is 75.1 Å². The first kappa shape index (κ1) is 33.0. The van der Waals surface area contributed by atoms with Crippen LogP contribution in [-0.4, -0.2) is 63.9 Å². The van der Waals surface area contributed by atoms with E-state index in [-0.39, 0.29) is 29.7 Å². The third kappa shape index (κ3) is 11.9. The second kappa shape index (κ2) is 18.3. The van der Waals surface area contributed by atoms with Gasteiger partial charge < -0.3 is 20.1 Å². The minimum absolute atomic E-state index is 0.0211. The fraction of sp³-hybridized carbons (Fsp3) is 0.500. The first-order valence-corrected chi connectivity index (χ1v) is 13.1. The van der Waals surface area contributed by atoms with Gasteiger partial charge in [-0.15, -0.1) is 13.2 Å². The molecule has 11 heteroatoms. The molecule has 2 rings (SSSR count). The normalized spacial score (nSPS) is 14.8. The van der Waals surface area contributed by atoms with Crippen molar-refractivity contribution < 1.29 is 33.9 Å². The molecule has 1 heterocycles. The zero-order valence-electron chi connectivity index (χ0n) is 22.5. The molecule has 0 spiro atoms. The van der Waals surface area contributed by atoms with Crippen molar-refractivity contribution in [3.63, 3.8) is 0 Å². The number of non-ortho nitro benzene ring substituents is 1. The summed E-state index contributed by atoms with van der Waals surface area (Å²) in [6.07, 6.45) is 10.7. The van der Waals surface area contributed by atoms with Crippen LogP contribution in [0.5, 0.6) is 0 Å². The number of ether oxygens (including phenoxy) is 1. The Hall–Kier alpha value is -4.02. The maximum absolute atomic E-state index is 12.6. The lowest BCUT2D eigenvalue weighted by atomic mass is 10.1. The molecule has 1 aromatic carbocycles. The first-order chi connectivity index (χ1) is 18.7. The third-order valence-electron chi connectivity index (χ3n) is 6.04. The molecule has 1 aromatic rings. The second-order valence-corrected chi connectivity index (χ2v) is 8.93. The molecule has 2 atom stereocenters. The van der Waals surface area contributed by atoms with E-state index in [1.54, 1.807) is 17.9 Å². The number of nitrogens with one attached hydrogen (secondary N) is 1. The molecule has 2 amide bonds. The first-order valence-electron chi connectivity index (χ1n) is 13.1. The van der Waals surface area contributed by atoms with Gasteiger partial charge in [-0.25, -0.2) is 9.59 Å². The highest BCUT2D eigenvalue weighted by Gasteiger charge is 2.35. The van der Waals surface area contributed by atoms with E-state index in [9.17, 15) is 29.3 Å². The number of nitro groups is 1. The van der Waals surface area contributed by atoms with Crippen LogP contribution >= 0.6 is 0 Å². The summed E-state index contributed by atoms with van der Waals surface area (Å²) < 4.78 is 5.00. The van der Waals surface area contributed by atoms with Crippen molar-refractivity contribution in [2.24, 2.45) is 0 Å². The number of hydrogen-bond acceptors (Lipinski definition) is 7. The van der Waals surface area contributed by atoms with Gasteiger partial charge in [0.15, 0.2) is 0 Å². The Labute approximate surface area is 229 Å². The number of benzene rings is 1. The molecule has 1 fully saturated rings. The molecule has 2 unspecified atom stereocenters. The molecular formula is C28H39N3O8. The zero-order valence-corrected chi connectivity index (χ0v) is 22.5. The number of aromatic carboxylic acids is 1. The Morgan fingerprint density at radius 3 is 2.38 bits per heavy atom. The summed E-state index contributed by atoms with van der Waals surface area (Å²) in [5.41, 5.74) is -0.0689. The van der Waals surface area contributed by atoms with E-state index >= 15 is 0 Å². The number of allylic oxidation sites excluding steroid dienone is 1. The van der Waals surface area contributed by atoms with Crippen LogP contribution in [0.15, 0.2) is 49.6 Å². The molecule has 2 N–H and O–H groups in total.